The van der Waals surface area contributed by atoms with E-state index >= 15 is 0 Å². The molecule has 1 N–H and O–H groups in total. The van der Waals surface area contributed by atoms with E-state index in [1.165, 1.54) is 6.42 Å². The van der Waals surface area contributed by atoms with Gasteiger partial charge in [-0.2, -0.15) is 0 Å². The Morgan fingerprint density at radius 2 is 2.25 bits per heavy atom. The van der Waals surface area contributed by atoms with Gasteiger partial charge >= 0.3 is 0 Å². The molecule has 0 aromatic carbocycles. The molecule has 3 nitrogen and oxygen atoms in total. The van der Waals surface area contributed by atoms with Crippen LogP contribution in [0, 0.1) is 17.8 Å². The van der Waals surface area contributed by atoms with Crippen LogP contribution in [-0.2, 0) is 11.2 Å². The summed E-state index contributed by atoms with van der Waals surface area (Å²) in [7, 11) is 0. The van der Waals surface area contributed by atoms with Gasteiger partial charge in [0, 0.05) is 30.5 Å². The Labute approximate surface area is 99.3 Å². The lowest BCUT2D eigenvalue weighted by molar-refractivity contribution is -0.125. The lowest BCUT2D eigenvalue weighted by atomic mass is 10.0. The first kappa shape index (κ1) is 10.3. The van der Waals surface area contributed by atoms with Crippen molar-refractivity contribution >= 4 is 17.2 Å². The summed E-state index contributed by atoms with van der Waals surface area (Å²) < 4.78 is 0. The van der Waals surface area contributed by atoms with Crippen molar-refractivity contribution in [2.45, 2.75) is 25.7 Å². The van der Waals surface area contributed by atoms with Gasteiger partial charge in [-0.1, -0.05) is 0 Å². The van der Waals surface area contributed by atoms with Crippen molar-refractivity contribution in [2.75, 3.05) is 6.54 Å². The highest BCUT2D eigenvalue weighted by Crippen LogP contribution is 2.54. The molecule has 3 rings (SSSR count). The van der Waals surface area contributed by atoms with Crippen LogP contribution in [0.3, 0.4) is 0 Å². The fourth-order valence-electron chi connectivity index (χ4n) is 2.74. The highest BCUT2D eigenvalue weighted by Gasteiger charge is 2.47. The number of carbonyl (C=O) groups is 1. The van der Waals surface area contributed by atoms with Crippen LogP contribution in [0.15, 0.2) is 11.6 Å². The molecule has 0 aliphatic heterocycles. The molecule has 4 heteroatoms. The van der Waals surface area contributed by atoms with Crippen molar-refractivity contribution in [1.29, 1.82) is 0 Å². The third-order valence-corrected chi connectivity index (χ3v) is 4.58. The van der Waals surface area contributed by atoms with Crippen molar-refractivity contribution in [2.24, 2.45) is 17.8 Å². The molecular weight excluding hydrogens is 220 g/mol. The van der Waals surface area contributed by atoms with Crippen LogP contribution in [0.4, 0.5) is 0 Å². The predicted molar refractivity (Wildman–Crippen MR) is 63.1 cm³/mol. The first-order chi connectivity index (χ1) is 7.83. The third kappa shape index (κ3) is 2.12. The number of thiazole rings is 1. The van der Waals surface area contributed by atoms with E-state index in [1.807, 2.05) is 11.6 Å². The van der Waals surface area contributed by atoms with E-state index in [4.69, 9.17) is 0 Å². The summed E-state index contributed by atoms with van der Waals surface area (Å²) >= 11 is 1.65. The van der Waals surface area contributed by atoms with E-state index in [1.54, 1.807) is 11.3 Å². The van der Waals surface area contributed by atoms with Crippen molar-refractivity contribution in [3.63, 3.8) is 0 Å². The Morgan fingerprint density at radius 3 is 2.94 bits per heavy atom. The van der Waals surface area contributed by atoms with Gasteiger partial charge in [0.25, 0.3) is 0 Å². The van der Waals surface area contributed by atoms with Gasteiger partial charge in [-0.05, 0) is 31.1 Å². The van der Waals surface area contributed by atoms with Gasteiger partial charge in [-0.25, -0.2) is 4.98 Å². The summed E-state index contributed by atoms with van der Waals surface area (Å²) in [4.78, 5) is 16.0. The molecule has 2 fully saturated rings. The summed E-state index contributed by atoms with van der Waals surface area (Å²) in [6.07, 6.45) is 6.32. The highest BCUT2D eigenvalue weighted by molar-refractivity contribution is 7.09. The maximum absolute atomic E-state index is 11.8. The Morgan fingerprint density at radius 1 is 1.44 bits per heavy atom. The maximum Gasteiger partial charge on any atom is 0.223 e. The molecule has 1 aromatic rings. The van der Waals surface area contributed by atoms with Gasteiger partial charge in [0.1, 0.15) is 0 Å². The Bertz CT molecular complexity index is 366. The number of aromatic nitrogens is 1. The van der Waals surface area contributed by atoms with E-state index in [-0.39, 0.29) is 5.91 Å². The summed E-state index contributed by atoms with van der Waals surface area (Å²) in [6, 6.07) is 0. The number of nitrogens with zero attached hydrogens (tertiary/aromatic N) is 1. The van der Waals surface area contributed by atoms with E-state index in [2.05, 4.69) is 10.3 Å². The number of hydrogen-bond acceptors (Lipinski definition) is 3. The zero-order valence-electron chi connectivity index (χ0n) is 9.19. The summed E-state index contributed by atoms with van der Waals surface area (Å²) in [5.41, 5.74) is 0. The highest BCUT2D eigenvalue weighted by atomic mass is 32.1. The zero-order valence-corrected chi connectivity index (χ0v) is 10.0. The summed E-state index contributed by atoms with van der Waals surface area (Å²) in [6.45, 7) is 0.734. The Hall–Kier alpha value is -0.900. The number of carbonyl (C=O) groups excluding carboxylic acids is 1. The summed E-state index contributed by atoms with van der Waals surface area (Å²) in [5.74, 6) is 2.34. The van der Waals surface area contributed by atoms with Gasteiger partial charge in [0.15, 0.2) is 0 Å². The Balaban J connectivity index is 1.40. The second-order valence-corrected chi connectivity index (χ2v) is 5.87. The van der Waals surface area contributed by atoms with Gasteiger partial charge in [0.2, 0.25) is 5.91 Å². The SMILES string of the molecule is O=C(NCCc1nccs1)C1CC2CC2C1. The largest absolute Gasteiger partial charge is 0.355 e. The predicted octanol–water partition coefficient (Wildman–Crippen LogP) is 1.85. The maximum atomic E-state index is 11.8. The molecular formula is C12H16N2OS. The first-order valence-corrected chi connectivity index (χ1v) is 6.87. The fourth-order valence-corrected chi connectivity index (χ4v) is 3.36. The topological polar surface area (TPSA) is 42.0 Å². The minimum absolute atomic E-state index is 0.267. The van der Waals surface area contributed by atoms with Gasteiger partial charge in [-0.15, -0.1) is 11.3 Å². The van der Waals surface area contributed by atoms with E-state index in [0.717, 1.165) is 42.7 Å². The van der Waals surface area contributed by atoms with Crippen LogP contribution >= 0.6 is 11.3 Å². The van der Waals surface area contributed by atoms with Crippen molar-refractivity contribution in [1.82, 2.24) is 10.3 Å². The van der Waals surface area contributed by atoms with Crippen LogP contribution < -0.4 is 5.32 Å². The van der Waals surface area contributed by atoms with Crippen LogP contribution in [0.25, 0.3) is 0 Å². The van der Waals surface area contributed by atoms with Crippen molar-refractivity contribution in [3.05, 3.63) is 16.6 Å². The number of hydrogen-bond donors (Lipinski definition) is 1. The van der Waals surface area contributed by atoms with Crippen molar-refractivity contribution in [3.8, 4) is 0 Å². The minimum Gasteiger partial charge on any atom is -0.355 e. The Kier molecular flexibility index (Phi) is 2.67. The third-order valence-electron chi connectivity index (χ3n) is 3.74. The molecule has 16 heavy (non-hydrogen) atoms. The first-order valence-electron chi connectivity index (χ1n) is 5.99. The lowest BCUT2D eigenvalue weighted by Gasteiger charge is -2.11. The zero-order chi connectivity index (χ0) is 11.0. The van der Waals surface area contributed by atoms with Crippen LogP contribution in [0.2, 0.25) is 0 Å². The number of fused-ring (bicyclic) bond motifs is 1. The molecule has 2 unspecified atom stereocenters. The molecule has 0 saturated heterocycles. The minimum atomic E-state index is 0.267. The number of amides is 1. The molecule has 2 aliphatic rings. The van der Waals surface area contributed by atoms with Crippen molar-refractivity contribution < 1.29 is 4.79 Å². The molecule has 0 radical (unpaired) electrons. The molecule has 2 saturated carbocycles. The number of rotatable bonds is 4. The van der Waals surface area contributed by atoms with E-state index in [9.17, 15) is 4.79 Å². The summed E-state index contributed by atoms with van der Waals surface area (Å²) in [5, 5.41) is 6.11. The van der Waals surface area contributed by atoms with Gasteiger partial charge < -0.3 is 5.32 Å². The molecule has 2 atom stereocenters. The molecule has 1 heterocycles. The fraction of sp³-hybridized carbons (Fsp3) is 0.667. The van der Waals surface area contributed by atoms with Crippen LogP contribution in [0.5, 0.6) is 0 Å². The van der Waals surface area contributed by atoms with Crippen LogP contribution in [-0.4, -0.2) is 17.4 Å². The average molecular weight is 236 g/mol. The normalized spacial score (nSPS) is 31.1. The number of nitrogens with one attached hydrogen (secondary N) is 1. The van der Waals surface area contributed by atoms with Gasteiger partial charge in [0.05, 0.1) is 5.01 Å². The quantitative estimate of drug-likeness (QED) is 0.867. The van der Waals surface area contributed by atoms with Crippen LogP contribution in [0.1, 0.15) is 24.3 Å². The lowest BCUT2D eigenvalue weighted by Crippen LogP contribution is -2.31. The van der Waals surface area contributed by atoms with E-state index < -0.39 is 0 Å². The van der Waals surface area contributed by atoms with E-state index in [0.29, 0.717) is 5.92 Å². The molecule has 1 aromatic heterocycles. The average Bonchev–Trinajstić information content (AvgIpc) is 2.72. The monoisotopic (exact) mass is 236 g/mol. The molecule has 2 aliphatic carbocycles. The smallest absolute Gasteiger partial charge is 0.223 e. The standard InChI is InChI=1S/C12H16N2OS/c15-12(10-6-8-5-9(8)7-10)14-2-1-11-13-3-4-16-11/h3-4,8-10H,1-2,5-7H2,(H,14,15). The van der Waals surface area contributed by atoms with Gasteiger partial charge in [-0.3, -0.25) is 4.79 Å². The molecule has 0 spiro atoms. The molecule has 0 bridgehead atoms. The molecule has 86 valence electrons. The second kappa shape index (κ2) is 4.17. The molecule has 1 amide bonds. The second-order valence-electron chi connectivity index (χ2n) is 4.89.